The molecular weight excluding hydrogens is 781 g/mol. The number of hydrogen-bond donors (Lipinski definition) is 0. The molecule has 0 aliphatic carbocycles. The van der Waals surface area contributed by atoms with E-state index in [9.17, 15) is 0 Å². The predicted molar refractivity (Wildman–Crippen MR) is 272 cm³/mol. The number of anilines is 3. The van der Waals surface area contributed by atoms with Crippen LogP contribution in [0.5, 0.6) is 0 Å². The van der Waals surface area contributed by atoms with Gasteiger partial charge in [-0.25, -0.2) is 0 Å². The molecule has 13 aromatic rings. The summed E-state index contributed by atoms with van der Waals surface area (Å²) in [6, 6.07) is 85.0. The van der Waals surface area contributed by atoms with E-state index in [-0.39, 0.29) is 0 Å². The van der Waals surface area contributed by atoms with Crippen LogP contribution in [0.3, 0.4) is 0 Å². The van der Waals surface area contributed by atoms with E-state index in [4.69, 9.17) is 0 Å². The van der Waals surface area contributed by atoms with Crippen molar-refractivity contribution in [2.45, 2.75) is 0 Å². The molecule has 0 aliphatic rings. The third-order valence-corrected chi connectivity index (χ3v) is 14.0. The number of fused-ring (bicyclic) bond motifs is 10. The Morgan fingerprint density at radius 3 is 1.56 bits per heavy atom. The molecule has 0 fully saturated rings. The van der Waals surface area contributed by atoms with Crippen LogP contribution in [0.1, 0.15) is 0 Å². The molecule has 0 radical (unpaired) electrons. The zero-order valence-corrected chi connectivity index (χ0v) is 35.1. The van der Waals surface area contributed by atoms with Crippen LogP contribution in [0.15, 0.2) is 231 Å². The van der Waals surface area contributed by atoms with Gasteiger partial charge in [-0.05, 0) is 111 Å². The van der Waals surface area contributed by atoms with Crippen molar-refractivity contribution in [2.24, 2.45) is 0 Å². The molecule has 0 atom stereocenters. The first-order valence-corrected chi connectivity index (χ1v) is 22.4. The molecule has 2 heterocycles. The second-order valence-electron chi connectivity index (χ2n) is 16.5. The highest BCUT2D eigenvalue weighted by atomic mass is 32.1. The number of benzene rings is 11. The van der Waals surface area contributed by atoms with E-state index >= 15 is 0 Å². The normalized spacial score (nSPS) is 11.8. The Hall–Kier alpha value is -7.98. The van der Waals surface area contributed by atoms with Gasteiger partial charge in [-0.2, -0.15) is 0 Å². The molecular formula is C60H38N2S. The summed E-state index contributed by atoms with van der Waals surface area (Å²) in [5.74, 6) is 0. The zero-order chi connectivity index (χ0) is 41.4. The maximum Gasteiger partial charge on any atom is 0.0547 e. The first kappa shape index (κ1) is 35.7. The van der Waals surface area contributed by atoms with E-state index in [0.717, 1.165) is 33.9 Å². The molecule has 0 N–H and O–H groups in total. The lowest BCUT2D eigenvalue weighted by Crippen LogP contribution is -2.11. The summed E-state index contributed by atoms with van der Waals surface area (Å²) in [7, 11) is 0. The van der Waals surface area contributed by atoms with Crippen LogP contribution in [0, 0.1) is 0 Å². The molecule has 0 amide bonds. The van der Waals surface area contributed by atoms with Gasteiger partial charge < -0.3 is 9.47 Å². The van der Waals surface area contributed by atoms with Gasteiger partial charge in [0, 0.05) is 53.1 Å². The van der Waals surface area contributed by atoms with Crippen molar-refractivity contribution in [3.63, 3.8) is 0 Å². The fourth-order valence-corrected chi connectivity index (χ4v) is 11.2. The molecule has 0 aliphatic heterocycles. The molecule has 0 saturated carbocycles. The van der Waals surface area contributed by atoms with Gasteiger partial charge in [0.15, 0.2) is 0 Å². The van der Waals surface area contributed by atoms with Crippen molar-refractivity contribution in [3.05, 3.63) is 231 Å². The standard InChI is InChI=1S/C60H38N2S/c1-2-19-46(20-3-1)61-56-25-11-10-24-51(56)52-31-28-42(37-57(52)61)44-34-45(43-29-32-53-59(38-43)63-58-33-30-41-16-6-9-23-50(41)60(53)58)36-47(35-44)62(54-26-12-17-39-14-4-7-21-48(39)54)55-27-13-18-40-15-5-8-22-49(40)55/h1-38H. The monoisotopic (exact) mass is 818 g/mol. The molecule has 0 unspecified atom stereocenters. The Labute approximate surface area is 368 Å². The topological polar surface area (TPSA) is 8.17 Å². The van der Waals surface area contributed by atoms with Crippen LogP contribution in [0.2, 0.25) is 0 Å². The lowest BCUT2D eigenvalue weighted by atomic mass is 9.95. The predicted octanol–water partition coefficient (Wildman–Crippen LogP) is 17.4. The average molecular weight is 819 g/mol. The minimum Gasteiger partial charge on any atom is -0.309 e. The number of aromatic nitrogens is 1. The lowest BCUT2D eigenvalue weighted by molar-refractivity contribution is 1.18. The quantitative estimate of drug-likeness (QED) is 0.162. The maximum absolute atomic E-state index is 2.49. The zero-order valence-electron chi connectivity index (χ0n) is 34.2. The summed E-state index contributed by atoms with van der Waals surface area (Å²) >= 11 is 1.88. The van der Waals surface area contributed by atoms with Gasteiger partial charge in [0.25, 0.3) is 0 Å². The molecule has 2 nitrogen and oxygen atoms in total. The molecule has 11 aromatic carbocycles. The van der Waals surface area contributed by atoms with E-state index in [1.165, 1.54) is 85.4 Å². The van der Waals surface area contributed by atoms with Crippen LogP contribution in [0.25, 0.3) is 102 Å². The van der Waals surface area contributed by atoms with Gasteiger partial charge in [-0.15, -0.1) is 11.3 Å². The van der Waals surface area contributed by atoms with Gasteiger partial charge >= 0.3 is 0 Å². The fourth-order valence-electron chi connectivity index (χ4n) is 10.0. The van der Waals surface area contributed by atoms with Gasteiger partial charge in [-0.3, -0.25) is 0 Å². The van der Waals surface area contributed by atoms with Crippen molar-refractivity contribution >= 4 is 103 Å². The molecule has 0 saturated heterocycles. The van der Waals surface area contributed by atoms with E-state index in [0.29, 0.717) is 0 Å². The van der Waals surface area contributed by atoms with Gasteiger partial charge in [-0.1, -0.05) is 164 Å². The summed E-state index contributed by atoms with van der Waals surface area (Å²) in [6.45, 7) is 0. The molecule has 0 bridgehead atoms. The first-order chi connectivity index (χ1) is 31.2. The summed E-state index contributed by atoms with van der Waals surface area (Å²) in [5.41, 5.74) is 11.6. The summed E-state index contributed by atoms with van der Waals surface area (Å²) in [5, 5.41) is 12.5. The Bertz CT molecular complexity index is 3840. The smallest absolute Gasteiger partial charge is 0.0547 e. The van der Waals surface area contributed by atoms with E-state index in [1.54, 1.807) is 0 Å². The molecule has 3 heteroatoms. The van der Waals surface area contributed by atoms with Crippen molar-refractivity contribution in [2.75, 3.05) is 4.90 Å². The summed E-state index contributed by atoms with van der Waals surface area (Å²) < 4.78 is 5.02. The Morgan fingerprint density at radius 2 is 0.857 bits per heavy atom. The highest BCUT2D eigenvalue weighted by Gasteiger charge is 2.21. The molecule has 13 rings (SSSR count). The van der Waals surface area contributed by atoms with E-state index in [1.807, 2.05) is 11.3 Å². The van der Waals surface area contributed by atoms with Gasteiger partial charge in [0.05, 0.1) is 22.4 Å². The number of para-hydroxylation sites is 2. The first-order valence-electron chi connectivity index (χ1n) is 21.6. The van der Waals surface area contributed by atoms with Crippen LogP contribution >= 0.6 is 11.3 Å². The fraction of sp³-hybridized carbons (Fsp3) is 0. The third-order valence-electron chi connectivity index (χ3n) is 12.9. The largest absolute Gasteiger partial charge is 0.309 e. The number of hydrogen-bond acceptors (Lipinski definition) is 2. The maximum atomic E-state index is 2.49. The van der Waals surface area contributed by atoms with Crippen LogP contribution in [-0.4, -0.2) is 4.57 Å². The Kier molecular flexibility index (Phi) is 8.12. The SMILES string of the molecule is c1ccc(-n2c3ccccc3c3ccc(-c4cc(-c5ccc6c(c5)sc5ccc7ccccc7c56)cc(N(c5cccc6ccccc56)c5cccc6ccccc56)c4)cc32)cc1. The molecule has 2 aromatic heterocycles. The van der Waals surface area contributed by atoms with Gasteiger partial charge in [0.2, 0.25) is 0 Å². The average Bonchev–Trinajstić information content (AvgIpc) is 3.90. The number of rotatable bonds is 6. The molecule has 294 valence electrons. The van der Waals surface area contributed by atoms with Crippen molar-refractivity contribution in [1.82, 2.24) is 4.57 Å². The van der Waals surface area contributed by atoms with E-state index < -0.39 is 0 Å². The van der Waals surface area contributed by atoms with Gasteiger partial charge in [0.1, 0.15) is 0 Å². The second-order valence-corrected chi connectivity index (χ2v) is 17.6. The minimum absolute atomic E-state index is 1.10. The van der Waals surface area contributed by atoms with Crippen molar-refractivity contribution in [1.29, 1.82) is 0 Å². The van der Waals surface area contributed by atoms with Crippen LogP contribution in [-0.2, 0) is 0 Å². The third kappa shape index (κ3) is 5.78. The van der Waals surface area contributed by atoms with E-state index in [2.05, 4.69) is 240 Å². The lowest BCUT2D eigenvalue weighted by Gasteiger charge is -2.29. The highest BCUT2D eigenvalue weighted by molar-refractivity contribution is 7.26. The minimum atomic E-state index is 1.10. The summed E-state index contributed by atoms with van der Waals surface area (Å²) in [4.78, 5) is 2.49. The highest BCUT2D eigenvalue weighted by Crippen LogP contribution is 2.46. The molecule has 63 heavy (non-hydrogen) atoms. The Balaban J connectivity index is 1.09. The van der Waals surface area contributed by atoms with Crippen molar-refractivity contribution < 1.29 is 0 Å². The van der Waals surface area contributed by atoms with Crippen molar-refractivity contribution in [3.8, 4) is 27.9 Å². The Morgan fingerprint density at radius 1 is 0.317 bits per heavy atom. The summed E-state index contributed by atoms with van der Waals surface area (Å²) in [6.07, 6.45) is 0. The van der Waals surface area contributed by atoms with Crippen LogP contribution in [0.4, 0.5) is 17.1 Å². The second kappa shape index (κ2) is 14.3. The number of nitrogens with zero attached hydrogens (tertiary/aromatic N) is 2. The number of thiophene rings is 1. The molecule has 0 spiro atoms. The van der Waals surface area contributed by atoms with Crippen LogP contribution < -0.4 is 4.90 Å².